The fraction of sp³-hybridized carbons (Fsp3) is 0.929. The summed E-state index contributed by atoms with van der Waals surface area (Å²) in [7, 11) is 1.95. The van der Waals surface area contributed by atoms with Gasteiger partial charge in [0.2, 0.25) is 5.91 Å². The molecule has 0 aromatic heterocycles. The molecule has 2 aliphatic rings. The summed E-state index contributed by atoms with van der Waals surface area (Å²) in [5.74, 6) is 1.08. The van der Waals surface area contributed by atoms with Crippen LogP contribution in [-0.2, 0) is 9.53 Å². The van der Waals surface area contributed by atoms with Crippen LogP contribution in [0.25, 0.3) is 0 Å². The summed E-state index contributed by atoms with van der Waals surface area (Å²) in [4.78, 5) is 14.3. The van der Waals surface area contributed by atoms with Gasteiger partial charge < -0.3 is 15.0 Å². The second kappa shape index (κ2) is 6.53. The average molecular weight is 254 g/mol. The van der Waals surface area contributed by atoms with Crippen LogP contribution in [0.3, 0.4) is 0 Å². The zero-order valence-corrected chi connectivity index (χ0v) is 11.7. The number of nitrogens with zero attached hydrogens (tertiary/aromatic N) is 1. The van der Waals surface area contributed by atoms with Crippen molar-refractivity contribution in [1.29, 1.82) is 0 Å². The fourth-order valence-corrected chi connectivity index (χ4v) is 3.09. The highest BCUT2D eigenvalue weighted by Crippen LogP contribution is 2.29. The topological polar surface area (TPSA) is 41.6 Å². The van der Waals surface area contributed by atoms with Gasteiger partial charge in [-0.1, -0.05) is 13.3 Å². The Hall–Kier alpha value is -0.610. The molecule has 18 heavy (non-hydrogen) atoms. The molecule has 1 aliphatic carbocycles. The molecule has 2 fully saturated rings. The van der Waals surface area contributed by atoms with Gasteiger partial charge in [-0.2, -0.15) is 0 Å². The number of likely N-dealkylation sites (N-methyl/N-ethyl adjacent to an activating group) is 1. The molecule has 1 unspecified atom stereocenters. The molecule has 1 N–H and O–H groups in total. The van der Waals surface area contributed by atoms with E-state index in [9.17, 15) is 4.79 Å². The van der Waals surface area contributed by atoms with Crippen molar-refractivity contribution in [2.45, 2.75) is 51.1 Å². The molecule has 104 valence electrons. The smallest absolute Gasteiger partial charge is 0.242 e. The maximum atomic E-state index is 12.3. The molecule has 1 amide bonds. The Morgan fingerprint density at radius 2 is 2.06 bits per heavy atom. The molecule has 2 rings (SSSR count). The van der Waals surface area contributed by atoms with Crippen molar-refractivity contribution >= 4 is 5.91 Å². The largest absolute Gasteiger partial charge is 0.378 e. The molecule has 1 saturated carbocycles. The van der Waals surface area contributed by atoms with E-state index in [1.54, 1.807) is 0 Å². The molecular weight excluding hydrogens is 228 g/mol. The van der Waals surface area contributed by atoms with Crippen molar-refractivity contribution in [3.05, 3.63) is 0 Å². The van der Waals surface area contributed by atoms with Gasteiger partial charge in [-0.25, -0.2) is 0 Å². The number of amides is 1. The van der Waals surface area contributed by atoms with Crippen molar-refractivity contribution < 1.29 is 9.53 Å². The lowest BCUT2D eigenvalue weighted by atomic mass is 9.84. The van der Waals surface area contributed by atoms with Crippen molar-refractivity contribution in [3.8, 4) is 0 Å². The first-order valence-electron chi connectivity index (χ1n) is 7.30. The van der Waals surface area contributed by atoms with Crippen molar-refractivity contribution in [2.75, 3.05) is 26.8 Å². The number of hydrogen-bond donors (Lipinski definition) is 1. The zero-order chi connectivity index (χ0) is 13.0. The Bertz CT molecular complexity index is 269. The average Bonchev–Trinajstić information content (AvgIpc) is 2.47. The van der Waals surface area contributed by atoms with E-state index in [2.05, 4.69) is 12.2 Å². The predicted octanol–water partition coefficient (Wildman–Crippen LogP) is 1.40. The third-order valence-electron chi connectivity index (χ3n) is 4.51. The van der Waals surface area contributed by atoms with Gasteiger partial charge >= 0.3 is 0 Å². The highest BCUT2D eigenvalue weighted by atomic mass is 16.5. The van der Waals surface area contributed by atoms with E-state index >= 15 is 0 Å². The minimum absolute atomic E-state index is 0.132. The van der Waals surface area contributed by atoms with Crippen molar-refractivity contribution in [2.24, 2.45) is 5.92 Å². The maximum absolute atomic E-state index is 12.3. The molecule has 0 aromatic carbocycles. The Morgan fingerprint density at radius 3 is 2.61 bits per heavy atom. The summed E-state index contributed by atoms with van der Waals surface area (Å²) in [6.07, 6.45) is 6.14. The Labute approximate surface area is 110 Å². The van der Waals surface area contributed by atoms with Crippen LogP contribution in [0, 0.1) is 5.92 Å². The number of carbonyl (C=O) groups excluding carboxylic acids is 1. The number of nitrogens with one attached hydrogen (secondary N) is 1. The van der Waals surface area contributed by atoms with E-state index in [1.165, 1.54) is 19.3 Å². The summed E-state index contributed by atoms with van der Waals surface area (Å²) < 4.78 is 5.37. The minimum atomic E-state index is -0.132. The normalized spacial score (nSPS) is 33.1. The Morgan fingerprint density at radius 1 is 1.33 bits per heavy atom. The number of carbonyl (C=O) groups is 1. The van der Waals surface area contributed by atoms with Crippen LogP contribution in [0.4, 0.5) is 0 Å². The predicted molar refractivity (Wildman–Crippen MR) is 71.4 cm³/mol. The standard InChI is InChI=1S/C14H26N2O2/c1-3-11-4-6-12(7-5-11)16(2)14(17)13-10-18-9-8-15-13/h11-13,15H,3-10H2,1-2H3. The summed E-state index contributed by atoms with van der Waals surface area (Å²) in [5, 5.41) is 3.24. The minimum Gasteiger partial charge on any atom is -0.378 e. The molecule has 1 heterocycles. The Balaban J connectivity index is 1.83. The van der Waals surface area contributed by atoms with Crippen LogP contribution in [0.15, 0.2) is 0 Å². The molecule has 1 saturated heterocycles. The first kappa shape index (κ1) is 13.8. The summed E-state index contributed by atoms with van der Waals surface area (Å²) >= 11 is 0. The van der Waals surface area contributed by atoms with Gasteiger partial charge in [-0.3, -0.25) is 4.79 Å². The lowest BCUT2D eigenvalue weighted by Crippen LogP contribution is -2.54. The van der Waals surface area contributed by atoms with E-state index in [-0.39, 0.29) is 11.9 Å². The second-order valence-electron chi connectivity index (χ2n) is 5.61. The van der Waals surface area contributed by atoms with Crippen LogP contribution >= 0.6 is 0 Å². The van der Waals surface area contributed by atoms with Gasteiger partial charge in [0, 0.05) is 19.6 Å². The van der Waals surface area contributed by atoms with Crippen LogP contribution in [0.5, 0.6) is 0 Å². The number of morpholine rings is 1. The van der Waals surface area contributed by atoms with E-state index in [0.717, 1.165) is 31.9 Å². The van der Waals surface area contributed by atoms with Gasteiger partial charge in [0.1, 0.15) is 6.04 Å². The zero-order valence-electron chi connectivity index (χ0n) is 11.7. The summed E-state index contributed by atoms with van der Waals surface area (Å²) in [6.45, 7) is 4.29. The molecule has 1 aliphatic heterocycles. The van der Waals surface area contributed by atoms with E-state index < -0.39 is 0 Å². The van der Waals surface area contributed by atoms with E-state index in [4.69, 9.17) is 4.74 Å². The van der Waals surface area contributed by atoms with Gasteiger partial charge in [-0.15, -0.1) is 0 Å². The van der Waals surface area contributed by atoms with E-state index in [0.29, 0.717) is 12.6 Å². The van der Waals surface area contributed by atoms with Crippen LogP contribution in [-0.4, -0.2) is 49.7 Å². The fourth-order valence-electron chi connectivity index (χ4n) is 3.09. The van der Waals surface area contributed by atoms with Crippen molar-refractivity contribution in [3.63, 3.8) is 0 Å². The first-order chi connectivity index (χ1) is 8.72. The molecule has 0 radical (unpaired) electrons. The van der Waals surface area contributed by atoms with Crippen LogP contribution in [0.1, 0.15) is 39.0 Å². The third-order valence-corrected chi connectivity index (χ3v) is 4.51. The lowest BCUT2D eigenvalue weighted by Gasteiger charge is -2.37. The molecule has 4 nitrogen and oxygen atoms in total. The van der Waals surface area contributed by atoms with Crippen LogP contribution in [0.2, 0.25) is 0 Å². The number of ether oxygens (including phenoxy) is 1. The van der Waals surface area contributed by atoms with Crippen LogP contribution < -0.4 is 5.32 Å². The van der Waals surface area contributed by atoms with Gasteiger partial charge in [0.05, 0.1) is 13.2 Å². The third kappa shape index (κ3) is 3.23. The van der Waals surface area contributed by atoms with Gasteiger partial charge in [-0.05, 0) is 31.6 Å². The lowest BCUT2D eigenvalue weighted by molar-refractivity contribution is -0.137. The quantitative estimate of drug-likeness (QED) is 0.828. The molecule has 0 spiro atoms. The molecule has 4 heteroatoms. The number of rotatable bonds is 3. The summed E-state index contributed by atoms with van der Waals surface area (Å²) in [6, 6.07) is 0.302. The van der Waals surface area contributed by atoms with E-state index in [1.807, 2.05) is 11.9 Å². The second-order valence-corrected chi connectivity index (χ2v) is 5.61. The Kier molecular flexibility index (Phi) is 5.01. The van der Waals surface area contributed by atoms with Gasteiger partial charge in [0.15, 0.2) is 0 Å². The molecule has 1 atom stereocenters. The molecule has 0 aromatic rings. The molecule has 0 bridgehead atoms. The monoisotopic (exact) mass is 254 g/mol. The summed E-state index contributed by atoms with van der Waals surface area (Å²) in [5.41, 5.74) is 0. The molecular formula is C14H26N2O2. The maximum Gasteiger partial charge on any atom is 0.242 e. The van der Waals surface area contributed by atoms with Gasteiger partial charge in [0.25, 0.3) is 0 Å². The highest BCUT2D eigenvalue weighted by molar-refractivity contribution is 5.82. The SMILES string of the molecule is CCC1CCC(N(C)C(=O)C2COCCN2)CC1. The first-order valence-corrected chi connectivity index (χ1v) is 7.30. The number of hydrogen-bond acceptors (Lipinski definition) is 3. The highest BCUT2D eigenvalue weighted by Gasteiger charge is 2.30. The van der Waals surface area contributed by atoms with Crippen molar-refractivity contribution in [1.82, 2.24) is 10.2 Å².